The van der Waals surface area contributed by atoms with Gasteiger partial charge in [0.15, 0.2) is 0 Å². The third kappa shape index (κ3) is 3.23. The molecule has 15 heavy (non-hydrogen) atoms. The molecule has 2 unspecified atom stereocenters. The van der Waals surface area contributed by atoms with Crippen molar-refractivity contribution in [1.29, 1.82) is 5.26 Å². The molecule has 0 rings (SSSR count). The molecule has 0 aromatic rings. The van der Waals surface area contributed by atoms with Gasteiger partial charge in [0.25, 0.3) is 0 Å². The lowest BCUT2D eigenvalue weighted by molar-refractivity contribution is -0.153. The van der Waals surface area contributed by atoms with Crippen LogP contribution in [0.1, 0.15) is 47.0 Å². The molecule has 86 valence electrons. The van der Waals surface area contributed by atoms with Crippen LogP contribution in [0.4, 0.5) is 0 Å². The van der Waals surface area contributed by atoms with Crippen LogP contribution in [0, 0.1) is 22.2 Å². The van der Waals surface area contributed by atoms with Crippen molar-refractivity contribution in [2.45, 2.75) is 47.0 Å². The standard InChI is InChI=1S/C12H21NO2/c1-6-11(3,9-13)8-12(4,7-2)10(14)15-5/h6-8H2,1-5H3. The smallest absolute Gasteiger partial charge is 0.311 e. The maximum atomic E-state index is 11.6. The number of hydrogen-bond acceptors (Lipinski definition) is 3. The zero-order valence-electron chi connectivity index (χ0n) is 10.4. The van der Waals surface area contributed by atoms with Crippen molar-refractivity contribution in [2.75, 3.05) is 7.11 Å². The molecule has 3 heteroatoms. The summed E-state index contributed by atoms with van der Waals surface area (Å²) in [5.74, 6) is -0.222. The van der Waals surface area contributed by atoms with Crippen LogP contribution in [0.3, 0.4) is 0 Å². The molecule has 3 nitrogen and oxygen atoms in total. The van der Waals surface area contributed by atoms with Gasteiger partial charge in [-0.05, 0) is 33.1 Å². The maximum absolute atomic E-state index is 11.6. The van der Waals surface area contributed by atoms with Gasteiger partial charge in [0.1, 0.15) is 0 Å². The third-order valence-corrected chi connectivity index (χ3v) is 3.29. The summed E-state index contributed by atoms with van der Waals surface area (Å²) in [6.07, 6.45) is 1.99. The van der Waals surface area contributed by atoms with Gasteiger partial charge < -0.3 is 4.74 Å². The number of ether oxygens (including phenoxy) is 1. The SMILES string of the molecule is CCC(C)(C#N)CC(C)(CC)C(=O)OC. The fourth-order valence-electron chi connectivity index (χ4n) is 1.69. The van der Waals surface area contributed by atoms with Crippen molar-refractivity contribution in [1.82, 2.24) is 0 Å². The Morgan fingerprint density at radius 1 is 1.33 bits per heavy atom. The van der Waals surface area contributed by atoms with Crippen molar-refractivity contribution in [3.05, 3.63) is 0 Å². The second kappa shape index (κ2) is 5.16. The second-order valence-corrected chi connectivity index (χ2v) is 4.61. The zero-order chi connectivity index (χ0) is 12.1. The molecule has 0 saturated carbocycles. The van der Waals surface area contributed by atoms with E-state index in [9.17, 15) is 4.79 Å². The number of nitrogens with zero attached hydrogens (tertiary/aromatic N) is 1. The van der Waals surface area contributed by atoms with E-state index in [1.54, 1.807) is 0 Å². The van der Waals surface area contributed by atoms with Crippen LogP contribution >= 0.6 is 0 Å². The summed E-state index contributed by atoms with van der Waals surface area (Å²) >= 11 is 0. The van der Waals surface area contributed by atoms with Crippen molar-refractivity contribution >= 4 is 5.97 Å². The molecule has 0 fully saturated rings. The maximum Gasteiger partial charge on any atom is 0.311 e. The predicted molar refractivity (Wildman–Crippen MR) is 59.0 cm³/mol. The topological polar surface area (TPSA) is 50.1 Å². The summed E-state index contributed by atoms with van der Waals surface area (Å²) in [4.78, 5) is 11.6. The Morgan fingerprint density at radius 2 is 1.87 bits per heavy atom. The van der Waals surface area contributed by atoms with Crippen LogP contribution in [0.25, 0.3) is 0 Å². The molecule has 0 N–H and O–H groups in total. The van der Waals surface area contributed by atoms with Gasteiger partial charge in [-0.25, -0.2) is 0 Å². The van der Waals surface area contributed by atoms with Gasteiger partial charge in [-0.1, -0.05) is 13.8 Å². The Morgan fingerprint density at radius 3 is 2.13 bits per heavy atom. The number of carbonyl (C=O) groups is 1. The highest BCUT2D eigenvalue weighted by molar-refractivity contribution is 5.76. The average Bonchev–Trinajstić information content (AvgIpc) is 2.27. The van der Waals surface area contributed by atoms with Crippen LogP contribution in [-0.4, -0.2) is 13.1 Å². The molecular formula is C12H21NO2. The monoisotopic (exact) mass is 211 g/mol. The fourth-order valence-corrected chi connectivity index (χ4v) is 1.69. The van der Waals surface area contributed by atoms with E-state index in [0.29, 0.717) is 12.8 Å². The third-order valence-electron chi connectivity index (χ3n) is 3.29. The van der Waals surface area contributed by atoms with Gasteiger partial charge in [0.2, 0.25) is 0 Å². The summed E-state index contributed by atoms with van der Waals surface area (Å²) in [6, 6.07) is 2.29. The van der Waals surface area contributed by atoms with E-state index in [2.05, 4.69) is 6.07 Å². The van der Waals surface area contributed by atoms with E-state index in [0.717, 1.165) is 6.42 Å². The van der Waals surface area contributed by atoms with Crippen molar-refractivity contribution < 1.29 is 9.53 Å². The first-order chi connectivity index (χ1) is 6.87. The molecule has 0 aromatic heterocycles. The number of esters is 1. The van der Waals surface area contributed by atoms with Crippen LogP contribution in [0.15, 0.2) is 0 Å². The number of rotatable bonds is 5. The van der Waals surface area contributed by atoms with Crippen LogP contribution < -0.4 is 0 Å². The number of methoxy groups -OCH3 is 1. The average molecular weight is 211 g/mol. The van der Waals surface area contributed by atoms with Crippen molar-refractivity contribution in [3.8, 4) is 6.07 Å². The Bertz CT molecular complexity index is 269. The van der Waals surface area contributed by atoms with E-state index >= 15 is 0 Å². The molecule has 0 aliphatic carbocycles. The summed E-state index contributed by atoms with van der Waals surface area (Å²) in [7, 11) is 1.39. The van der Waals surface area contributed by atoms with E-state index in [4.69, 9.17) is 10.00 Å². The molecule has 2 atom stereocenters. The molecule has 0 aliphatic heterocycles. The molecule has 0 radical (unpaired) electrons. The normalized spacial score (nSPS) is 18.4. The van der Waals surface area contributed by atoms with E-state index in [-0.39, 0.29) is 5.97 Å². The Balaban J connectivity index is 4.87. The van der Waals surface area contributed by atoms with Crippen LogP contribution in [0.5, 0.6) is 0 Å². The van der Waals surface area contributed by atoms with Crippen molar-refractivity contribution in [3.63, 3.8) is 0 Å². The van der Waals surface area contributed by atoms with Crippen LogP contribution in [-0.2, 0) is 9.53 Å². The Kier molecular flexibility index (Phi) is 4.80. The quantitative estimate of drug-likeness (QED) is 0.657. The largest absolute Gasteiger partial charge is 0.469 e. The highest BCUT2D eigenvalue weighted by Crippen LogP contribution is 2.39. The first-order valence-corrected chi connectivity index (χ1v) is 5.37. The first kappa shape index (κ1) is 14.0. The van der Waals surface area contributed by atoms with E-state index < -0.39 is 10.8 Å². The predicted octanol–water partition coefficient (Wildman–Crippen LogP) is 2.91. The van der Waals surface area contributed by atoms with Gasteiger partial charge in [-0.3, -0.25) is 4.79 Å². The molecular weight excluding hydrogens is 190 g/mol. The van der Waals surface area contributed by atoms with Gasteiger partial charge in [-0.2, -0.15) is 5.26 Å². The molecule has 0 heterocycles. The zero-order valence-corrected chi connectivity index (χ0v) is 10.4. The first-order valence-electron chi connectivity index (χ1n) is 5.37. The fraction of sp³-hybridized carbons (Fsp3) is 0.833. The lowest BCUT2D eigenvalue weighted by Crippen LogP contribution is -2.34. The lowest BCUT2D eigenvalue weighted by Gasteiger charge is -2.32. The molecule has 0 aromatic carbocycles. The summed E-state index contributed by atoms with van der Waals surface area (Å²) in [5.41, 5.74) is -0.992. The molecule has 0 spiro atoms. The highest BCUT2D eigenvalue weighted by Gasteiger charge is 2.39. The number of nitriles is 1. The summed E-state index contributed by atoms with van der Waals surface area (Å²) in [6.45, 7) is 7.68. The Hall–Kier alpha value is -1.04. The van der Waals surface area contributed by atoms with Gasteiger partial charge in [0.05, 0.1) is 24.0 Å². The van der Waals surface area contributed by atoms with Crippen molar-refractivity contribution in [2.24, 2.45) is 10.8 Å². The Labute approximate surface area is 92.4 Å². The van der Waals surface area contributed by atoms with Gasteiger partial charge in [0, 0.05) is 0 Å². The van der Waals surface area contributed by atoms with Gasteiger partial charge >= 0.3 is 5.97 Å². The molecule has 0 bridgehead atoms. The number of hydrogen-bond donors (Lipinski definition) is 0. The molecule has 0 saturated heterocycles. The molecule has 0 amide bonds. The minimum absolute atomic E-state index is 0.222. The minimum atomic E-state index is -0.546. The van der Waals surface area contributed by atoms with Gasteiger partial charge in [-0.15, -0.1) is 0 Å². The summed E-state index contributed by atoms with van der Waals surface area (Å²) < 4.78 is 4.79. The van der Waals surface area contributed by atoms with E-state index in [1.807, 2.05) is 27.7 Å². The summed E-state index contributed by atoms with van der Waals surface area (Å²) in [5, 5.41) is 9.10. The highest BCUT2D eigenvalue weighted by atomic mass is 16.5. The molecule has 0 aliphatic rings. The van der Waals surface area contributed by atoms with E-state index in [1.165, 1.54) is 7.11 Å². The number of carbonyl (C=O) groups excluding carboxylic acids is 1. The second-order valence-electron chi connectivity index (χ2n) is 4.61. The lowest BCUT2D eigenvalue weighted by atomic mass is 9.71. The van der Waals surface area contributed by atoms with Crippen LogP contribution in [0.2, 0.25) is 0 Å². The minimum Gasteiger partial charge on any atom is -0.469 e.